The van der Waals surface area contributed by atoms with Crippen molar-refractivity contribution in [3.8, 4) is 0 Å². The van der Waals surface area contributed by atoms with E-state index in [0.717, 1.165) is 30.9 Å². The van der Waals surface area contributed by atoms with Crippen molar-refractivity contribution in [2.24, 2.45) is 0 Å². The van der Waals surface area contributed by atoms with Crippen molar-refractivity contribution in [3.05, 3.63) is 21.3 Å². The van der Waals surface area contributed by atoms with Crippen molar-refractivity contribution < 1.29 is 5.11 Å². The molecule has 0 spiro atoms. The molecule has 1 saturated heterocycles. The molecule has 0 aromatic carbocycles. The molecule has 1 aromatic heterocycles. The molecule has 17 heavy (non-hydrogen) atoms. The molecule has 1 N–H and O–H groups in total. The van der Waals surface area contributed by atoms with E-state index in [9.17, 15) is 5.11 Å². The summed E-state index contributed by atoms with van der Waals surface area (Å²) < 4.78 is 0. The summed E-state index contributed by atoms with van der Waals surface area (Å²) in [6, 6.07) is 2.25. The van der Waals surface area contributed by atoms with Crippen LogP contribution in [0.3, 0.4) is 0 Å². The Kier molecular flexibility index (Phi) is 4.44. The largest absolute Gasteiger partial charge is 0.387 e. The highest BCUT2D eigenvalue weighted by atomic mass is 35.5. The molecule has 0 aliphatic carbocycles. The fourth-order valence-electron chi connectivity index (χ4n) is 2.26. The highest BCUT2D eigenvalue weighted by Crippen LogP contribution is 2.32. The molecule has 0 amide bonds. The van der Waals surface area contributed by atoms with Crippen molar-refractivity contribution in [1.29, 1.82) is 0 Å². The summed E-state index contributed by atoms with van der Waals surface area (Å²) in [5.74, 6) is 0. The van der Waals surface area contributed by atoms with Gasteiger partial charge in [0, 0.05) is 25.7 Å². The molecule has 2 atom stereocenters. The molecule has 5 heteroatoms. The average Bonchev–Trinajstić information content (AvgIpc) is 2.70. The van der Waals surface area contributed by atoms with Gasteiger partial charge < -0.3 is 14.9 Å². The Balaban J connectivity index is 1.98. The van der Waals surface area contributed by atoms with Crippen LogP contribution in [0.25, 0.3) is 0 Å². The van der Waals surface area contributed by atoms with Crippen LogP contribution >= 0.6 is 22.9 Å². The van der Waals surface area contributed by atoms with Crippen LogP contribution in [-0.2, 0) is 0 Å². The summed E-state index contributed by atoms with van der Waals surface area (Å²) in [6.07, 6.45) is 0.308. The van der Waals surface area contributed by atoms with E-state index in [1.807, 2.05) is 11.4 Å². The second kappa shape index (κ2) is 5.67. The van der Waals surface area contributed by atoms with Gasteiger partial charge in [-0.2, -0.15) is 0 Å². The lowest BCUT2D eigenvalue weighted by Gasteiger charge is -2.38. The summed E-state index contributed by atoms with van der Waals surface area (Å²) in [5, 5.41) is 12.8. The third-order valence-corrected chi connectivity index (χ3v) is 4.88. The van der Waals surface area contributed by atoms with E-state index < -0.39 is 6.10 Å². The summed E-state index contributed by atoms with van der Waals surface area (Å²) in [7, 11) is 4.25. The minimum atomic E-state index is -0.443. The van der Waals surface area contributed by atoms with Crippen molar-refractivity contribution in [3.63, 3.8) is 0 Å². The number of halogens is 1. The fourth-order valence-corrected chi connectivity index (χ4v) is 3.45. The third kappa shape index (κ3) is 3.20. The first-order valence-corrected chi connectivity index (χ1v) is 7.13. The Morgan fingerprint density at radius 3 is 2.94 bits per heavy atom. The number of rotatable bonds is 3. The Morgan fingerprint density at radius 1 is 1.53 bits per heavy atom. The molecule has 0 saturated carbocycles. The first-order valence-electron chi connectivity index (χ1n) is 5.87. The number of likely N-dealkylation sites (N-methyl/N-ethyl adjacent to an activating group) is 2. The van der Waals surface area contributed by atoms with Gasteiger partial charge in [-0.15, -0.1) is 11.3 Å². The van der Waals surface area contributed by atoms with Gasteiger partial charge in [-0.25, -0.2) is 0 Å². The smallest absolute Gasteiger partial charge is 0.0912 e. The van der Waals surface area contributed by atoms with Crippen LogP contribution in [0.4, 0.5) is 0 Å². The Morgan fingerprint density at radius 2 is 2.29 bits per heavy atom. The summed E-state index contributed by atoms with van der Waals surface area (Å²) in [6.45, 7) is 3.17. The highest BCUT2D eigenvalue weighted by molar-refractivity contribution is 7.10. The second-order valence-electron chi connectivity index (χ2n) is 4.78. The molecule has 1 aromatic rings. The lowest BCUT2D eigenvalue weighted by molar-refractivity contribution is 0.0648. The molecule has 2 rings (SSSR count). The SMILES string of the molecule is CN1CCN(C)C(CC(O)c2sccc2Cl)C1. The van der Waals surface area contributed by atoms with Crippen molar-refractivity contribution >= 4 is 22.9 Å². The number of hydrogen-bond donors (Lipinski definition) is 1. The first kappa shape index (κ1) is 13.3. The zero-order valence-corrected chi connectivity index (χ0v) is 11.8. The Labute approximate surface area is 112 Å². The maximum Gasteiger partial charge on any atom is 0.0912 e. The average molecular weight is 275 g/mol. The van der Waals surface area contributed by atoms with Crippen LogP contribution in [0.15, 0.2) is 11.4 Å². The highest BCUT2D eigenvalue weighted by Gasteiger charge is 2.26. The van der Waals surface area contributed by atoms with Crippen LogP contribution in [0.1, 0.15) is 17.4 Å². The van der Waals surface area contributed by atoms with Crippen molar-refractivity contribution in [2.75, 3.05) is 33.7 Å². The van der Waals surface area contributed by atoms with E-state index in [1.54, 1.807) is 0 Å². The van der Waals surface area contributed by atoms with Gasteiger partial charge in [0.2, 0.25) is 0 Å². The van der Waals surface area contributed by atoms with Gasteiger partial charge >= 0.3 is 0 Å². The van der Waals surface area contributed by atoms with Gasteiger partial charge in [0.15, 0.2) is 0 Å². The summed E-state index contributed by atoms with van der Waals surface area (Å²) in [5.41, 5.74) is 0. The van der Waals surface area contributed by atoms with Gasteiger partial charge in [-0.3, -0.25) is 0 Å². The lowest BCUT2D eigenvalue weighted by Crippen LogP contribution is -2.50. The normalized spacial score (nSPS) is 25.1. The quantitative estimate of drug-likeness (QED) is 0.914. The molecular weight excluding hydrogens is 256 g/mol. The topological polar surface area (TPSA) is 26.7 Å². The van der Waals surface area contributed by atoms with Gasteiger partial charge in [0.1, 0.15) is 0 Å². The molecule has 2 heterocycles. The van der Waals surface area contributed by atoms with E-state index >= 15 is 0 Å². The van der Waals surface area contributed by atoms with Gasteiger partial charge in [-0.1, -0.05) is 11.6 Å². The monoisotopic (exact) mass is 274 g/mol. The van der Waals surface area contributed by atoms with Crippen molar-refractivity contribution in [1.82, 2.24) is 9.80 Å². The second-order valence-corrected chi connectivity index (χ2v) is 6.14. The van der Waals surface area contributed by atoms with Crippen LogP contribution in [0.5, 0.6) is 0 Å². The van der Waals surface area contributed by atoms with Gasteiger partial charge in [-0.05, 0) is 32.0 Å². The Hall–Kier alpha value is -0.130. The van der Waals surface area contributed by atoms with Gasteiger partial charge in [0.05, 0.1) is 16.0 Å². The number of aliphatic hydroxyl groups is 1. The van der Waals surface area contributed by atoms with E-state index in [-0.39, 0.29) is 0 Å². The van der Waals surface area contributed by atoms with Crippen LogP contribution < -0.4 is 0 Å². The molecule has 3 nitrogen and oxygen atoms in total. The number of piperazine rings is 1. The first-order chi connectivity index (χ1) is 8.08. The van der Waals surface area contributed by atoms with E-state index in [4.69, 9.17) is 11.6 Å². The molecule has 0 radical (unpaired) electrons. The molecule has 1 fully saturated rings. The summed E-state index contributed by atoms with van der Waals surface area (Å²) >= 11 is 7.58. The number of aliphatic hydroxyl groups excluding tert-OH is 1. The van der Waals surface area contributed by atoms with Crippen molar-refractivity contribution in [2.45, 2.75) is 18.6 Å². The third-order valence-electron chi connectivity index (χ3n) is 3.42. The molecular formula is C12H19ClN2OS. The van der Waals surface area contributed by atoms with Gasteiger partial charge in [0.25, 0.3) is 0 Å². The molecule has 0 bridgehead atoms. The van der Waals surface area contributed by atoms with Crippen LogP contribution in [0.2, 0.25) is 5.02 Å². The minimum Gasteiger partial charge on any atom is -0.387 e. The number of hydrogen-bond acceptors (Lipinski definition) is 4. The molecule has 96 valence electrons. The Bertz CT molecular complexity index is 371. The summed E-state index contributed by atoms with van der Waals surface area (Å²) in [4.78, 5) is 5.53. The van der Waals surface area contributed by atoms with Crippen LogP contribution in [-0.4, -0.2) is 54.7 Å². The zero-order valence-electron chi connectivity index (χ0n) is 10.3. The zero-order chi connectivity index (χ0) is 12.4. The fraction of sp³-hybridized carbons (Fsp3) is 0.667. The lowest BCUT2D eigenvalue weighted by atomic mass is 10.0. The number of thiophene rings is 1. The predicted molar refractivity (Wildman–Crippen MR) is 72.8 cm³/mol. The van der Waals surface area contributed by atoms with Crippen LogP contribution in [0, 0.1) is 0 Å². The number of nitrogens with zero attached hydrogens (tertiary/aromatic N) is 2. The van der Waals surface area contributed by atoms with E-state index in [1.165, 1.54) is 11.3 Å². The standard InChI is InChI=1S/C12H19ClN2OS/c1-14-4-5-15(2)9(8-14)7-11(16)12-10(13)3-6-17-12/h3,6,9,11,16H,4-5,7-8H2,1-2H3. The van der Waals surface area contributed by atoms with E-state index in [2.05, 4.69) is 23.9 Å². The molecule has 1 aliphatic heterocycles. The maximum absolute atomic E-state index is 10.2. The van der Waals surface area contributed by atoms with E-state index in [0.29, 0.717) is 11.1 Å². The molecule has 2 unspecified atom stereocenters. The predicted octanol–water partition coefficient (Wildman–Crippen LogP) is 2.07. The maximum atomic E-state index is 10.2. The minimum absolute atomic E-state index is 0.405. The molecule has 1 aliphatic rings.